The number of carboxylic acid groups (broad SMARTS) is 1. The standard InChI is InChI=1S/C8H11NO4S/c1-4-3-9-8(14-4)7(13)5(10)2-6(11)12/h3,5,7,10,13H,2H2,1H3,(H,11,12). The summed E-state index contributed by atoms with van der Waals surface area (Å²) in [5, 5.41) is 27.5. The Morgan fingerprint density at radius 2 is 2.29 bits per heavy atom. The van der Waals surface area contributed by atoms with Crippen LogP contribution < -0.4 is 0 Å². The Balaban J connectivity index is 2.65. The molecule has 0 saturated heterocycles. The predicted octanol–water partition coefficient (Wildman–Crippen LogP) is 0.321. The van der Waals surface area contributed by atoms with Crippen molar-refractivity contribution in [3.8, 4) is 0 Å². The fraction of sp³-hybridized carbons (Fsp3) is 0.500. The first-order chi connectivity index (χ1) is 6.50. The molecular weight excluding hydrogens is 206 g/mol. The largest absolute Gasteiger partial charge is 0.481 e. The van der Waals surface area contributed by atoms with Crippen molar-refractivity contribution in [3.63, 3.8) is 0 Å². The lowest BCUT2D eigenvalue weighted by molar-refractivity contribution is -0.141. The van der Waals surface area contributed by atoms with Crippen LogP contribution in [0.15, 0.2) is 6.20 Å². The zero-order chi connectivity index (χ0) is 10.7. The Bertz CT molecular complexity index is 325. The number of aliphatic carboxylic acids is 1. The second-order valence-corrected chi connectivity index (χ2v) is 4.19. The van der Waals surface area contributed by atoms with Gasteiger partial charge in [-0.05, 0) is 6.92 Å². The summed E-state index contributed by atoms with van der Waals surface area (Å²) in [6.45, 7) is 1.82. The summed E-state index contributed by atoms with van der Waals surface area (Å²) < 4.78 is 0. The first kappa shape index (κ1) is 11.1. The molecule has 0 aliphatic heterocycles. The Morgan fingerprint density at radius 3 is 2.71 bits per heavy atom. The molecule has 6 heteroatoms. The molecule has 0 radical (unpaired) electrons. The number of rotatable bonds is 4. The van der Waals surface area contributed by atoms with Crippen LogP contribution in [-0.2, 0) is 4.79 Å². The van der Waals surface area contributed by atoms with E-state index in [0.717, 1.165) is 4.88 Å². The first-order valence-electron chi connectivity index (χ1n) is 4.01. The van der Waals surface area contributed by atoms with E-state index in [1.54, 1.807) is 6.20 Å². The van der Waals surface area contributed by atoms with Gasteiger partial charge in [0.15, 0.2) is 0 Å². The fourth-order valence-electron chi connectivity index (χ4n) is 0.964. The number of carbonyl (C=O) groups is 1. The van der Waals surface area contributed by atoms with E-state index in [-0.39, 0.29) is 0 Å². The molecule has 0 spiro atoms. The van der Waals surface area contributed by atoms with Gasteiger partial charge in [-0.25, -0.2) is 4.98 Å². The normalized spacial score (nSPS) is 15.1. The van der Waals surface area contributed by atoms with Gasteiger partial charge >= 0.3 is 5.97 Å². The Kier molecular flexibility index (Phi) is 3.56. The Labute approximate surface area is 84.7 Å². The zero-order valence-electron chi connectivity index (χ0n) is 7.54. The molecule has 1 heterocycles. The van der Waals surface area contributed by atoms with E-state index >= 15 is 0 Å². The van der Waals surface area contributed by atoms with Gasteiger partial charge in [-0.3, -0.25) is 4.79 Å². The molecule has 1 aromatic rings. The second-order valence-electron chi connectivity index (χ2n) is 2.92. The molecule has 14 heavy (non-hydrogen) atoms. The second kappa shape index (κ2) is 4.50. The molecule has 0 fully saturated rings. The van der Waals surface area contributed by atoms with E-state index in [9.17, 15) is 15.0 Å². The lowest BCUT2D eigenvalue weighted by atomic mass is 10.1. The van der Waals surface area contributed by atoms with Crippen LogP contribution in [0.3, 0.4) is 0 Å². The lowest BCUT2D eigenvalue weighted by Gasteiger charge is -2.12. The van der Waals surface area contributed by atoms with Crippen molar-refractivity contribution in [2.24, 2.45) is 0 Å². The number of hydrogen-bond acceptors (Lipinski definition) is 5. The van der Waals surface area contributed by atoms with Crippen molar-refractivity contribution in [1.82, 2.24) is 4.98 Å². The third-order valence-corrected chi connectivity index (χ3v) is 2.62. The summed E-state index contributed by atoms with van der Waals surface area (Å²) in [5.74, 6) is -1.15. The third kappa shape index (κ3) is 2.76. The SMILES string of the molecule is Cc1cnc(C(O)C(O)CC(=O)O)s1. The number of aromatic nitrogens is 1. The van der Waals surface area contributed by atoms with Crippen molar-refractivity contribution in [2.45, 2.75) is 25.6 Å². The summed E-state index contributed by atoms with van der Waals surface area (Å²) in [5.41, 5.74) is 0. The van der Waals surface area contributed by atoms with Crippen LogP contribution in [0.25, 0.3) is 0 Å². The number of aliphatic hydroxyl groups excluding tert-OH is 2. The van der Waals surface area contributed by atoms with Gasteiger partial charge in [-0.2, -0.15) is 0 Å². The summed E-state index contributed by atoms with van der Waals surface area (Å²) in [7, 11) is 0. The van der Waals surface area contributed by atoms with Gasteiger partial charge in [0, 0.05) is 11.1 Å². The van der Waals surface area contributed by atoms with Gasteiger partial charge < -0.3 is 15.3 Å². The number of hydrogen-bond donors (Lipinski definition) is 3. The highest BCUT2D eigenvalue weighted by atomic mass is 32.1. The number of aryl methyl sites for hydroxylation is 1. The molecule has 1 rings (SSSR count). The highest BCUT2D eigenvalue weighted by Gasteiger charge is 2.23. The summed E-state index contributed by atoms with van der Waals surface area (Å²) >= 11 is 1.24. The molecule has 0 amide bonds. The smallest absolute Gasteiger partial charge is 0.306 e. The monoisotopic (exact) mass is 217 g/mol. The van der Waals surface area contributed by atoms with Crippen molar-refractivity contribution >= 4 is 17.3 Å². The van der Waals surface area contributed by atoms with Crippen LogP contribution >= 0.6 is 11.3 Å². The molecule has 2 unspecified atom stereocenters. The third-order valence-electron chi connectivity index (χ3n) is 1.64. The highest BCUT2D eigenvalue weighted by Crippen LogP contribution is 2.23. The van der Waals surface area contributed by atoms with Crippen LogP contribution in [-0.4, -0.2) is 32.4 Å². The maximum atomic E-state index is 10.3. The molecule has 0 bridgehead atoms. The van der Waals surface area contributed by atoms with Gasteiger partial charge in [-0.1, -0.05) is 0 Å². The zero-order valence-corrected chi connectivity index (χ0v) is 8.36. The Hall–Kier alpha value is -0.980. The van der Waals surface area contributed by atoms with Crippen LogP contribution in [0.2, 0.25) is 0 Å². The van der Waals surface area contributed by atoms with Gasteiger partial charge in [0.25, 0.3) is 0 Å². The van der Waals surface area contributed by atoms with Crippen molar-refractivity contribution in [2.75, 3.05) is 0 Å². The average Bonchev–Trinajstić information content (AvgIpc) is 2.49. The molecular formula is C8H11NO4S. The maximum Gasteiger partial charge on any atom is 0.306 e. The van der Waals surface area contributed by atoms with Crippen molar-refractivity contribution in [3.05, 3.63) is 16.1 Å². The molecule has 3 N–H and O–H groups in total. The van der Waals surface area contributed by atoms with E-state index in [1.807, 2.05) is 6.92 Å². The van der Waals surface area contributed by atoms with Crippen LogP contribution in [0.5, 0.6) is 0 Å². The predicted molar refractivity (Wildman–Crippen MR) is 50.1 cm³/mol. The molecule has 2 atom stereocenters. The van der Waals surface area contributed by atoms with E-state index in [0.29, 0.717) is 5.01 Å². The maximum absolute atomic E-state index is 10.3. The Morgan fingerprint density at radius 1 is 1.64 bits per heavy atom. The van der Waals surface area contributed by atoms with Gasteiger partial charge in [-0.15, -0.1) is 11.3 Å². The minimum atomic E-state index is -1.31. The molecule has 0 aromatic carbocycles. The van der Waals surface area contributed by atoms with Gasteiger partial charge in [0.05, 0.1) is 12.5 Å². The number of aliphatic hydroxyl groups is 2. The topological polar surface area (TPSA) is 90.7 Å². The minimum absolute atomic E-state index is 0.344. The van der Waals surface area contributed by atoms with Crippen LogP contribution in [0, 0.1) is 6.92 Å². The fourth-order valence-corrected chi connectivity index (χ4v) is 1.78. The summed E-state index contributed by atoms with van der Waals surface area (Å²) in [6, 6.07) is 0. The van der Waals surface area contributed by atoms with E-state index < -0.39 is 24.6 Å². The quantitative estimate of drug-likeness (QED) is 0.675. The van der Waals surface area contributed by atoms with E-state index in [2.05, 4.69) is 4.98 Å². The summed E-state index contributed by atoms with van der Waals surface area (Å²) in [4.78, 5) is 15.0. The van der Waals surface area contributed by atoms with Gasteiger partial charge in [0.2, 0.25) is 0 Å². The first-order valence-corrected chi connectivity index (χ1v) is 4.82. The molecule has 0 aliphatic rings. The molecule has 0 saturated carbocycles. The van der Waals surface area contributed by atoms with Crippen LogP contribution in [0.4, 0.5) is 0 Å². The summed E-state index contributed by atoms with van der Waals surface area (Å²) in [6.07, 6.45) is -1.45. The average molecular weight is 217 g/mol. The number of carboxylic acids is 1. The molecule has 0 aliphatic carbocycles. The highest BCUT2D eigenvalue weighted by molar-refractivity contribution is 7.11. The van der Waals surface area contributed by atoms with Gasteiger partial charge in [0.1, 0.15) is 11.1 Å². The number of thiazole rings is 1. The molecule has 78 valence electrons. The van der Waals surface area contributed by atoms with E-state index in [4.69, 9.17) is 5.11 Å². The minimum Gasteiger partial charge on any atom is -0.481 e. The molecule has 1 aromatic heterocycles. The van der Waals surface area contributed by atoms with Crippen LogP contribution in [0.1, 0.15) is 22.4 Å². The van der Waals surface area contributed by atoms with E-state index in [1.165, 1.54) is 11.3 Å². The molecule has 5 nitrogen and oxygen atoms in total. The van der Waals surface area contributed by atoms with Crippen molar-refractivity contribution < 1.29 is 20.1 Å². The number of nitrogens with zero attached hydrogens (tertiary/aromatic N) is 1. The van der Waals surface area contributed by atoms with Crippen molar-refractivity contribution in [1.29, 1.82) is 0 Å². The lowest BCUT2D eigenvalue weighted by Crippen LogP contribution is -2.21.